The molecule has 0 bridgehead atoms. The average molecular weight is 399 g/mol. The number of para-hydroxylation sites is 1. The number of hydrogen-bond donors (Lipinski definition) is 2. The third kappa shape index (κ3) is 4.02. The summed E-state index contributed by atoms with van der Waals surface area (Å²) in [6, 6.07) is 10.6. The van der Waals surface area contributed by atoms with E-state index in [1.54, 1.807) is 25.1 Å². The zero-order chi connectivity index (χ0) is 17.0. The number of carbonyl (C=O) groups excluding carboxylic acids is 1. The SMILES string of the molecule is CCOc1cc(S(=O)(=O)Nc2ccccc2C(N)=O)ccc1Br. The maximum atomic E-state index is 12.5. The fourth-order valence-electron chi connectivity index (χ4n) is 1.91. The highest BCUT2D eigenvalue weighted by atomic mass is 79.9. The van der Waals surface area contributed by atoms with Crippen molar-refractivity contribution in [3.05, 3.63) is 52.5 Å². The van der Waals surface area contributed by atoms with E-state index >= 15 is 0 Å². The topological polar surface area (TPSA) is 98.5 Å². The van der Waals surface area contributed by atoms with Gasteiger partial charge in [0.1, 0.15) is 5.75 Å². The molecule has 0 saturated carbocycles. The van der Waals surface area contributed by atoms with Crippen molar-refractivity contribution in [2.75, 3.05) is 11.3 Å². The van der Waals surface area contributed by atoms with Crippen molar-refractivity contribution >= 4 is 37.5 Å². The van der Waals surface area contributed by atoms with E-state index in [2.05, 4.69) is 20.7 Å². The molecule has 0 saturated heterocycles. The first-order valence-electron chi connectivity index (χ1n) is 6.69. The Labute approximate surface area is 142 Å². The number of rotatable bonds is 6. The molecular weight excluding hydrogens is 384 g/mol. The van der Waals surface area contributed by atoms with Crippen molar-refractivity contribution in [3.8, 4) is 5.75 Å². The van der Waals surface area contributed by atoms with Gasteiger partial charge in [-0.25, -0.2) is 8.42 Å². The summed E-state index contributed by atoms with van der Waals surface area (Å²) in [6.45, 7) is 2.20. The minimum atomic E-state index is -3.89. The summed E-state index contributed by atoms with van der Waals surface area (Å²) in [5, 5.41) is 0. The van der Waals surface area contributed by atoms with Crippen LogP contribution in [0.15, 0.2) is 51.8 Å². The number of nitrogens with one attached hydrogen (secondary N) is 1. The number of hydrogen-bond acceptors (Lipinski definition) is 4. The smallest absolute Gasteiger partial charge is 0.262 e. The third-order valence-corrected chi connectivity index (χ3v) is 4.97. The number of primary amides is 1. The second kappa shape index (κ2) is 7.01. The highest BCUT2D eigenvalue weighted by Crippen LogP contribution is 2.29. The van der Waals surface area contributed by atoms with Crippen LogP contribution in [-0.2, 0) is 10.0 Å². The molecule has 0 fully saturated rings. The van der Waals surface area contributed by atoms with E-state index in [-0.39, 0.29) is 16.1 Å². The van der Waals surface area contributed by atoms with Crippen LogP contribution in [0.1, 0.15) is 17.3 Å². The summed E-state index contributed by atoms with van der Waals surface area (Å²) in [7, 11) is -3.89. The molecule has 2 aromatic carbocycles. The molecule has 3 N–H and O–H groups in total. The van der Waals surface area contributed by atoms with Crippen LogP contribution in [0.4, 0.5) is 5.69 Å². The molecule has 2 aromatic rings. The van der Waals surface area contributed by atoms with Gasteiger partial charge in [0.05, 0.1) is 27.2 Å². The Hall–Kier alpha value is -2.06. The van der Waals surface area contributed by atoms with Gasteiger partial charge in [-0.15, -0.1) is 0 Å². The van der Waals surface area contributed by atoms with Gasteiger partial charge in [-0.2, -0.15) is 0 Å². The van der Waals surface area contributed by atoms with Crippen LogP contribution in [0.3, 0.4) is 0 Å². The van der Waals surface area contributed by atoms with E-state index in [4.69, 9.17) is 10.5 Å². The number of anilines is 1. The Morgan fingerprint density at radius 3 is 2.61 bits per heavy atom. The summed E-state index contributed by atoms with van der Waals surface area (Å²) < 4.78 is 33.4. The Balaban J connectivity index is 2.40. The van der Waals surface area contributed by atoms with E-state index in [1.807, 2.05) is 0 Å². The van der Waals surface area contributed by atoms with Crippen LogP contribution in [0.5, 0.6) is 5.75 Å². The molecule has 23 heavy (non-hydrogen) atoms. The molecule has 122 valence electrons. The van der Waals surface area contributed by atoms with E-state index < -0.39 is 15.9 Å². The molecule has 0 unspecified atom stereocenters. The summed E-state index contributed by atoms with van der Waals surface area (Å²) in [4.78, 5) is 11.4. The lowest BCUT2D eigenvalue weighted by Gasteiger charge is -2.12. The summed E-state index contributed by atoms with van der Waals surface area (Å²) in [5.74, 6) is -0.298. The Morgan fingerprint density at radius 1 is 1.26 bits per heavy atom. The van der Waals surface area contributed by atoms with Crippen molar-refractivity contribution in [3.63, 3.8) is 0 Å². The van der Waals surface area contributed by atoms with Gasteiger partial charge in [0.2, 0.25) is 0 Å². The zero-order valence-corrected chi connectivity index (χ0v) is 14.6. The summed E-state index contributed by atoms with van der Waals surface area (Å²) >= 11 is 3.29. The fourth-order valence-corrected chi connectivity index (χ4v) is 3.36. The molecule has 0 aromatic heterocycles. The van der Waals surface area contributed by atoms with Crippen molar-refractivity contribution in [1.29, 1.82) is 0 Å². The van der Waals surface area contributed by atoms with Gasteiger partial charge in [-0.3, -0.25) is 9.52 Å². The molecular formula is C15H15BrN2O4S. The molecule has 6 nitrogen and oxygen atoms in total. The fraction of sp³-hybridized carbons (Fsp3) is 0.133. The first-order valence-corrected chi connectivity index (χ1v) is 8.96. The second-order valence-corrected chi connectivity index (χ2v) is 7.08. The van der Waals surface area contributed by atoms with Crippen molar-refractivity contribution in [2.45, 2.75) is 11.8 Å². The zero-order valence-electron chi connectivity index (χ0n) is 12.2. The van der Waals surface area contributed by atoms with Crippen LogP contribution in [0, 0.1) is 0 Å². The minimum Gasteiger partial charge on any atom is -0.493 e. The Bertz CT molecular complexity index is 837. The number of ether oxygens (including phenoxy) is 1. The lowest BCUT2D eigenvalue weighted by atomic mass is 10.2. The number of benzene rings is 2. The highest BCUT2D eigenvalue weighted by Gasteiger charge is 2.19. The quantitative estimate of drug-likeness (QED) is 0.781. The normalized spacial score (nSPS) is 11.0. The van der Waals surface area contributed by atoms with Crippen LogP contribution < -0.4 is 15.2 Å². The molecule has 0 aliphatic carbocycles. The van der Waals surface area contributed by atoms with Gasteiger partial charge in [0, 0.05) is 6.07 Å². The minimum absolute atomic E-state index is 0.0171. The lowest BCUT2D eigenvalue weighted by molar-refractivity contribution is 0.100. The molecule has 0 aliphatic heterocycles. The number of carbonyl (C=O) groups is 1. The Kier molecular flexibility index (Phi) is 5.27. The van der Waals surface area contributed by atoms with E-state index in [0.29, 0.717) is 16.8 Å². The molecule has 8 heteroatoms. The third-order valence-electron chi connectivity index (χ3n) is 2.95. The second-order valence-electron chi connectivity index (χ2n) is 4.54. The van der Waals surface area contributed by atoms with Crippen molar-refractivity contribution < 1.29 is 17.9 Å². The first kappa shape index (κ1) is 17.3. The molecule has 0 aliphatic rings. The largest absolute Gasteiger partial charge is 0.493 e. The molecule has 0 radical (unpaired) electrons. The Morgan fingerprint density at radius 2 is 1.96 bits per heavy atom. The van der Waals surface area contributed by atoms with Gasteiger partial charge in [-0.1, -0.05) is 12.1 Å². The number of nitrogens with two attached hydrogens (primary N) is 1. The molecule has 0 spiro atoms. The first-order chi connectivity index (χ1) is 10.8. The maximum absolute atomic E-state index is 12.5. The molecule has 2 rings (SSSR count). The van der Waals surface area contributed by atoms with Gasteiger partial charge in [0.15, 0.2) is 0 Å². The lowest BCUT2D eigenvalue weighted by Crippen LogP contribution is -2.18. The van der Waals surface area contributed by atoms with E-state index in [9.17, 15) is 13.2 Å². The van der Waals surface area contributed by atoms with Crippen molar-refractivity contribution in [2.24, 2.45) is 5.73 Å². The van der Waals surface area contributed by atoms with Crippen LogP contribution in [0.2, 0.25) is 0 Å². The predicted molar refractivity (Wildman–Crippen MR) is 91.1 cm³/mol. The monoisotopic (exact) mass is 398 g/mol. The maximum Gasteiger partial charge on any atom is 0.262 e. The molecule has 0 atom stereocenters. The number of amides is 1. The standard InChI is InChI=1S/C15H15BrN2O4S/c1-2-22-14-9-10(7-8-12(14)16)23(20,21)18-13-6-4-3-5-11(13)15(17)19/h3-9,18H,2H2,1H3,(H2,17,19). The van der Waals surface area contributed by atoms with Crippen LogP contribution in [-0.4, -0.2) is 20.9 Å². The number of halogens is 1. The van der Waals surface area contributed by atoms with Crippen LogP contribution in [0.25, 0.3) is 0 Å². The number of sulfonamides is 1. The van der Waals surface area contributed by atoms with Gasteiger partial charge < -0.3 is 10.5 Å². The summed E-state index contributed by atoms with van der Waals surface area (Å²) in [6.07, 6.45) is 0. The van der Waals surface area contributed by atoms with Gasteiger partial charge in [-0.05, 0) is 47.1 Å². The van der Waals surface area contributed by atoms with Crippen molar-refractivity contribution in [1.82, 2.24) is 0 Å². The van der Waals surface area contributed by atoms with Gasteiger partial charge >= 0.3 is 0 Å². The van der Waals surface area contributed by atoms with E-state index in [0.717, 1.165) is 0 Å². The average Bonchev–Trinajstić information content (AvgIpc) is 2.49. The highest BCUT2D eigenvalue weighted by molar-refractivity contribution is 9.10. The summed E-state index contributed by atoms with van der Waals surface area (Å²) in [5.41, 5.74) is 5.48. The van der Waals surface area contributed by atoms with Crippen LogP contribution >= 0.6 is 15.9 Å². The predicted octanol–water partition coefficient (Wildman–Crippen LogP) is 2.75. The molecule has 0 heterocycles. The van der Waals surface area contributed by atoms with Gasteiger partial charge in [0.25, 0.3) is 15.9 Å². The molecule has 1 amide bonds. The van der Waals surface area contributed by atoms with E-state index in [1.165, 1.54) is 24.3 Å².